The number of hydrogen-bond donors (Lipinski definition) is 1. The molecular formula is C26H25ClFN3O2. The number of benzene rings is 2. The number of likely N-dealkylation sites (tertiary alicyclic amines) is 1. The fourth-order valence-corrected chi connectivity index (χ4v) is 4.38. The van der Waals surface area contributed by atoms with Gasteiger partial charge in [0.15, 0.2) is 0 Å². The fourth-order valence-electron chi connectivity index (χ4n) is 4.17. The summed E-state index contributed by atoms with van der Waals surface area (Å²) in [6.07, 6.45) is 1.41. The molecule has 1 saturated heterocycles. The molecule has 1 N–H and O–H groups in total. The number of hydrogen-bond acceptors (Lipinski definition) is 3. The lowest BCUT2D eigenvalue weighted by atomic mass is 9.89. The molecule has 0 aliphatic carbocycles. The summed E-state index contributed by atoms with van der Waals surface area (Å²) >= 11 is 6.20. The molecule has 0 unspecified atom stereocenters. The first kappa shape index (κ1) is 22.9. The Kier molecular flexibility index (Phi) is 7.04. The minimum absolute atomic E-state index is 0.0649. The molecule has 0 radical (unpaired) electrons. The Balaban J connectivity index is 1.45. The Bertz CT molecular complexity index is 1180. The number of carbonyl (C=O) groups is 2. The number of piperidine rings is 1. The van der Waals surface area contributed by atoms with Crippen LogP contribution in [0.2, 0.25) is 5.02 Å². The standard InChI is InChI=1S/C26H25ClFN3O2/c1-17-9-10-22(25(32)29-16-18-5-4-6-20(28)15-18)24(30-17)19-11-13-31(14-12-19)26(33)21-7-2-3-8-23(21)27/h2-10,15,19H,11-14,16H2,1H3,(H,29,32). The Morgan fingerprint density at radius 2 is 1.82 bits per heavy atom. The van der Waals surface area contributed by atoms with Gasteiger partial charge in [0.2, 0.25) is 0 Å². The number of halogens is 2. The van der Waals surface area contributed by atoms with Crippen LogP contribution in [-0.4, -0.2) is 34.8 Å². The van der Waals surface area contributed by atoms with Crippen LogP contribution < -0.4 is 5.32 Å². The SMILES string of the molecule is Cc1ccc(C(=O)NCc2cccc(F)c2)c(C2CCN(C(=O)c3ccccc3Cl)CC2)n1. The first-order chi connectivity index (χ1) is 15.9. The Labute approximate surface area is 197 Å². The maximum atomic E-state index is 13.4. The third kappa shape index (κ3) is 5.40. The molecule has 0 atom stereocenters. The van der Waals surface area contributed by atoms with E-state index in [0.717, 1.165) is 11.4 Å². The lowest BCUT2D eigenvalue weighted by Gasteiger charge is -2.32. The van der Waals surface area contributed by atoms with E-state index < -0.39 is 0 Å². The third-order valence-corrected chi connectivity index (χ3v) is 6.25. The van der Waals surface area contributed by atoms with Crippen molar-refractivity contribution < 1.29 is 14.0 Å². The Hall–Kier alpha value is -3.25. The fraction of sp³-hybridized carbons (Fsp3) is 0.269. The van der Waals surface area contributed by atoms with Crippen LogP contribution in [0.25, 0.3) is 0 Å². The van der Waals surface area contributed by atoms with Crippen molar-refractivity contribution in [1.82, 2.24) is 15.2 Å². The summed E-state index contributed by atoms with van der Waals surface area (Å²) in [7, 11) is 0. The van der Waals surface area contributed by atoms with Crippen molar-refractivity contribution in [3.8, 4) is 0 Å². The number of aryl methyl sites for hydroxylation is 1. The van der Waals surface area contributed by atoms with E-state index >= 15 is 0 Å². The van der Waals surface area contributed by atoms with Crippen LogP contribution in [0.3, 0.4) is 0 Å². The average Bonchev–Trinajstić information content (AvgIpc) is 2.82. The van der Waals surface area contributed by atoms with Crippen LogP contribution >= 0.6 is 11.6 Å². The van der Waals surface area contributed by atoms with Crippen molar-refractivity contribution in [2.24, 2.45) is 0 Å². The van der Waals surface area contributed by atoms with Gasteiger partial charge in [0.05, 0.1) is 21.8 Å². The molecule has 2 aromatic carbocycles. The van der Waals surface area contributed by atoms with E-state index in [1.165, 1.54) is 12.1 Å². The Morgan fingerprint density at radius 1 is 1.06 bits per heavy atom. The van der Waals surface area contributed by atoms with Crippen molar-refractivity contribution in [2.45, 2.75) is 32.2 Å². The average molecular weight is 466 g/mol. The van der Waals surface area contributed by atoms with Gasteiger partial charge >= 0.3 is 0 Å². The molecular weight excluding hydrogens is 441 g/mol. The summed E-state index contributed by atoms with van der Waals surface area (Å²) < 4.78 is 13.4. The van der Waals surface area contributed by atoms with Crippen LogP contribution in [0.5, 0.6) is 0 Å². The lowest BCUT2D eigenvalue weighted by molar-refractivity contribution is 0.0710. The quantitative estimate of drug-likeness (QED) is 0.568. The second-order valence-corrected chi connectivity index (χ2v) is 8.65. The van der Waals surface area contributed by atoms with Crippen LogP contribution in [0.15, 0.2) is 60.7 Å². The van der Waals surface area contributed by atoms with Crippen molar-refractivity contribution in [3.63, 3.8) is 0 Å². The van der Waals surface area contributed by atoms with Gasteiger partial charge in [-0.25, -0.2) is 4.39 Å². The highest BCUT2D eigenvalue weighted by atomic mass is 35.5. The van der Waals surface area contributed by atoms with Crippen LogP contribution in [0, 0.1) is 12.7 Å². The molecule has 0 bridgehead atoms. The molecule has 4 rings (SSSR count). The first-order valence-corrected chi connectivity index (χ1v) is 11.3. The lowest BCUT2D eigenvalue weighted by Crippen LogP contribution is -2.38. The van der Waals surface area contributed by atoms with Gasteiger partial charge in [-0.1, -0.05) is 35.9 Å². The van der Waals surface area contributed by atoms with E-state index in [0.29, 0.717) is 47.6 Å². The normalized spacial score (nSPS) is 14.2. The predicted octanol–water partition coefficient (Wildman–Crippen LogP) is 5.13. The third-order valence-electron chi connectivity index (χ3n) is 5.92. The monoisotopic (exact) mass is 465 g/mol. The highest BCUT2D eigenvalue weighted by molar-refractivity contribution is 6.33. The van der Waals surface area contributed by atoms with Gasteiger partial charge in [-0.3, -0.25) is 14.6 Å². The zero-order chi connectivity index (χ0) is 23.4. The van der Waals surface area contributed by atoms with Crippen LogP contribution in [0.4, 0.5) is 4.39 Å². The van der Waals surface area contributed by atoms with Crippen molar-refractivity contribution >= 4 is 23.4 Å². The number of nitrogens with zero attached hydrogens (tertiary/aromatic N) is 2. The molecule has 5 nitrogen and oxygen atoms in total. The number of carbonyl (C=O) groups excluding carboxylic acids is 2. The Morgan fingerprint density at radius 3 is 2.55 bits per heavy atom. The van der Waals surface area contributed by atoms with Gasteiger partial charge in [0.1, 0.15) is 5.82 Å². The van der Waals surface area contributed by atoms with Gasteiger partial charge in [0.25, 0.3) is 11.8 Å². The van der Waals surface area contributed by atoms with E-state index in [-0.39, 0.29) is 30.1 Å². The molecule has 1 aromatic heterocycles. The topological polar surface area (TPSA) is 62.3 Å². The van der Waals surface area contributed by atoms with Gasteiger partial charge in [-0.05, 0) is 61.7 Å². The number of amides is 2. The molecule has 0 saturated carbocycles. The molecule has 1 aliphatic rings. The number of aromatic nitrogens is 1. The van der Waals surface area contributed by atoms with Gasteiger partial charge < -0.3 is 10.2 Å². The summed E-state index contributed by atoms with van der Waals surface area (Å²) in [4.78, 5) is 32.3. The van der Waals surface area contributed by atoms with E-state index in [1.54, 1.807) is 47.4 Å². The highest BCUT2D eigenvalue weighted by Gasteiger charge is 2.29. The summed E-state index contributed by atoms with van der Waals surface area (Å²) in [5, 5.41) is 3.32. The van der Waals surface area contributed by atoms with Crippen molar-refractivity contribution in [2.75, 3.05) is 13.1 Å². The molecule has 3 aromatic rings. The molecule has 2 heterocycles. The molecule has 0 spiro atoms. The summed E-state index contributed by atoms with van der Waals surface area (Å²) in [5.74, 6) is -0.590. The zero-order valence-electron chi connectivity index (χ0n) is 18.4. The number of pyridine rings is 1. The highest BCUT2D eigenvalue weighted by Crippen LogP contribution is 2.31. The van der Waals surface area contributed by atoms with Gasteiger partial charge in [-0.2, -0.15) is 0 Å². The van der Waals surface area contributed by atoms with Crippen molar-refractivity contribution in [1.29, 1.82) is 0 Å². The largest absolute Gasteiger partial charge is 0.348 e. The van der Waals surface area contributed by atoms with Crippen LogP contribution in [0.1, 0.15) is 56.4 Å². The maximum Gasteiger partial charge on any atom is 0.255 e. The minimum atomic E-state index is -0.336. The summed E-state index contributed by atoms with van der Waals surface area (Å²) in [6, 6.07) is 16.8. The predicted molar refractivity (Wildman–Crippen MR) is 126 cm³/mol. The molecule has 1 fully saturated rings. The summed E-state index contributed by atoms with van der Waals surface area (Å²) in [5.41, 5.74) is 3.30. The molecule has 7 heteroatoms. The molecule has 2 amide bonds. The van der Waals surface area contributed by atoms with E-state index in [2.05, 4.69) is 10.3 Å². The van der Waals surface area contributed by atoms with Crippen LogP contribution in [-0.2, 0) is 6.54 Å². The maximum absolute atomic E-state index is 13.4. The number of rotatable bonds is 5. The van der Waals surface area contributed by atoms with Gasteiger partial charge in [-0.15, -0.1) is 0 Å². The van der Waals surface area contributed by atoms with E-state index in [4.69, 9.17) is 11.6 Å². The second-order valence-electron chi connectivity index (χ2n) is 8.24. The first-order valence-electron chi connectivity index (χ1n) is 11.0. The zero-order valence-corrected chi connectivity index (χ0v) is 19.1. The van der Waals surface area contributed by atoms with Gasteiger partial charge in [0, 0.05) is 31.2 Å². The molecule has 1 aliphatic heterocycles. The van der Waals surface area contributed by atoms with E-state index in [1.807, 2.05) is 13.0 Å². The summed E-state index contributed by atoms with van der Waals surface area (Å²) in [6.45, 7) is 3.26. The molecule has 170 valence electrons. The number of nitrogens with one attached hydrogen (secondary N) is 1. The molecule has 33 heavy (non-hydrogen) atoms. The van der Waals surface area contributed by atoms with Crippen molar-refractivity contribution in [3.05, 3.63) is 99.6 Å². The van der Waals surface area contributed by atoms with E-state index in [9.17, 15) is 14.0 Å². The minimum Gasteiger partial charge on any atom is -0.348 e. The second kappa shape index (κ2) is 10.1. The smallest absolute Gasteiger partial charge is 0.255 e.